The summed E-state index contributed by atoms with van der Waals surface area (Å²) < 4.78 is 11.2. The molecular formula is C22H16BrClN2O4. The SMILES string of the molecule is Cc1ccc(C(=O)N/N=C\c2cc(Br)ccc2OC(=O)/C=C/c2ccco2)c(Cl)c1. The van der Waals surface area contributed by atoms with Gasteiger partial charge in [-0.15, -0.1) is 0 Å². The molecular weight excluding hydrogens is 472 g/mol. The van der Waals surface area contributed by atoms with E-state index in [0.717, 1.165) is 10.0 Å². The Labute approximate surface area is 186 Å². The van der Waals surface area contributed by atoms with Crippen LogP contribution < -0.4 is 10.2 Å². The summed E-state index contributed by atoms with van der Waals surface area (Å²) >= 11 is 9.46. The predicted octanol–water partition coefficient (Wildman–Crippen LogP) is 5.39. The van der Waals surface area contributed by atoms with Gasteiger partial charge in [0, 0.05) is 16.1 Å². The second-order valence-electron chi connectivity index (χ2n) is 6.13. The van der Waals surface area contributed by atoms with Gasteiger partial charge in [-0.05, 0) is 61.0 Å². The molecule has 0 saturated heterocycles. The summed E-state index contributed by atoms with van der Waals surface area (Å²) in [6.45, 7) is 1.88. The topological polar surface area (TPSA) is 80.9 Å². The molecule has 3 rings (SSSR count). The largest absolute Gasteiger partial charge is 0.465 e. The maximum Gasteiger partial charge on any atom is 0.336 e. The Kier molecular flexibility index (Phi) is 7.21. The van der Waals surface area contributed by atoms with E-state index in [4.69, 9.17) is 20.8 Å². The standard InChI is InChI=1S/C22H16BrClN2O4/c1-14-4-7-18(19(24)11-14)22(28)26-25-13-15-12-16(23)5-8-20(15)30-21(27)9-6-17-3-2-10-29-17/h2-13H,1H3,(H,26,28)/b9-6+,25-13-. The lowest BCUT2D eigenvalue weighted by Crippen LogP contribution is -2.18. The van der Waals surface area contributed by atoms with Crippen molar-refractivity contribution in [1.29, 1.82) is 0 Å². The number of esters is 1. The van der Waals surface area contributed by atoms with Gasteiger partial charge < -0.3 is 9.15 Å². The number of halogens is 2. The summed E-state index contributed by atoms with van der Waals surface area (Å²) in [5.74, 6) is -0.231. The molecule has 3 aromatic rings. The summed E-state index contributed by atoms with van der Waals surface area (Å²) in [5, 5.41) is 4.29. The van der Waals surface area contributed by atoms with Crippen LogP contribution in [0.2, 0.25) is 5.02 Å². The van der Waals surface area contributed by atoms with Crippen molar-refractivity contribution < 1.29 is 18.7 Å². The number of hydrogen-bond donors (Lipinski definition) is 1. The summed E-state index contributed by atoms with van der Waals surface area (Å²) in [4.78, 5) is 24.4. The highest BCUT2D eigenvalue weighted by Crippen LogP contribution is 2.22. The number of amides is 1. The minimum atomic E-state index is -0.584. The van der Waals surface area contributed by atoms with Crippen LogP contribution in [0.15, 0.2) is 74.9 Å². The van der Waals surface area contributed by atoms with Crippen molar-refractivity contribution >= 4 is 51.7 Å². The van der Waals surface area contributed by atoms with Crippen LogP contribution >= 0.6 is 27.5 Å². The number of hydrazone groups is 1. The van der Waals surface area contributed by atoms with Crippen LogP contribution in [0.5, 0.6) is 5.75 Å². The van der Waals surface area contributed by atoms with Gasteiger partial charge in [-0.2, -0.15) is 5.10 Å². The van der Waals surface area contributed by atoms with Crippen molar-refractivity contribution in [3.63, 3.8) is 0 Å². The molecule has 0 aliphatic rings. The van der Waals surface area contributed by atoms with E-state index in [1.54, 1.807) is 48.5 Å². The summed E-state index contributed by atoms with van der Waals surface area (Å²) in [6, 6.07) is 13.6. The highest BCUT2D eigenvalue weighted by Gasteiger charge is 2.10. The fraction of sp³-hybridized carbons (Fsp3) is 0.0455. The van der Waals surface area contributed by atoms with Crippen molar-refractivity contribution in [3.8, 4) is 5.75 Å². The van der Waals surface area contributed by atoms with Crippen molar-refractivity contribution in [2.24, 2.45) is 5.10 Å². The van der Waals surface area contributed by atoms with Gasteiger partial charge in [-0.1, -0.05) is 33.6 Å². The summed E-state index contributed by atoms with van der Waals surface area (Å²) in [7, 11) is 0. The van der Waals surface area contributed by atoms with Gasteiger partial charge in [0.25, 0.3) is 5.91 Å². The van der Waals surface area contributed by atoms with E-state index >= 15 is 0 Å². The molecule has 1 amide bonds. The van der Waals surface area contributed by atoms with Crippen LogP contribution in [0.4, 0.5) is 0 Å². The van der Waals surface area contributed by atoms with E-state index in [1.165, 1.54) is 24.6 Å². The molecule has 0 bridgehead atoms. The first-order valence-corrected chi connectivity index (χ1v) is 9.92. The van der Waals surface area contributed by atoms with Gasteiger partial charge in [-0.25, -0.2) is 10.2 Å². The van der Waals surface area contributed by atoms with Gasteiger partial charge in [-0.3, -0.25) is 4.79 Å². The molecule has 2 aromatic carbocycles. The molecule has 6 nitrogen and oxygen atoms in total. The molecule has 0 aliphatic heterocycles. The number of aryl methyl sites for hydroxylation is 1. The highest BCUT2D eigenvalue weighted by atomic mass is 79.9. The molecule has 1 heterocycles. The molecule has 1 N–H and O–H groups in total. The number of carbonyl (C=O) groups is 2. The average Bonchev–Trinajstić information content (AvgIpc) is 3.22. The van der Waals surface area contributed by atoms with E-state index in [2.05, 4.69) is 26.5 Å². The van der Waals surface area contributed by atoms with Crippen molar-refractivity contribution in [3.05, 3.63) is 92.8 Å². The number of nitrogens with one attached hydrogen (secondary N) is 1. The molecule has 8 heteroatoms. The molecule has 0 saturated carbocycles. The van der Waals surface area contributed by atoms with Crippen LogP contribution in [0.25, 0.3) is 6.08 Å². The third kappa shape index (κ3) is 5.92. The third-order valence-electron chi connectivity index (χ3n) is 3.85. The quantitative estimate of drug-likeness (QED) is 0.166. The third-order valence-corrected chi connectivity index (χ3v) is 4.65. The fourth-order valence-corrected chi connectivity index (χ4v) is 3.12. The second kappa shape index (κ2) is 10.0. The first kappa shape index (κ1) is 21.5. The van der Waals surface area contributed by atoms with E-state index in [1.807, 2.05) is 6.92 Å². The number of ether oxygens (including phenoxy) is 1. The maximum absolute atomic E-state index is 12.3. The Morgan fingerprint density at radius 2 is 2.03 bits per heavy atom. The lowest BCUT2D eigenvalue weighted by molar-refractivity contribution is -0.128. The summed E-state index contributed by atoms with van der Waals surface area (Å²) in [5.41, 5.74) is 4.16. The molecule has 30 heavy (non-hydrogen) atoms. The summed E-state index contributed by atoms with van der Waals surface area (Å²) in [6.07, 6.45) is 5.64. The zero-order valence-electron chi connectivity index (χ0n) is 15.8. The van der Waals surface area contributed by atoms with Crippen molar-refractivity contribution in [2.45, 2.75) is 6.92 Å². The zero-order valence-corrected chi connectivity index (χ0v) is 18.1. The molecule has 0 atom stereocenters. The number of nitrogens with zero attached hydrogens (tertiary/aromatic N) is 1. The minimum Gasteiger partial charge on any atom is -0.465 e. The Hall–Kier alpha value is -3.16. The zero-order chi connectivity index (χ0) is 21.5. The molecule has 0 spiro atoms. The lowest BCUT2D eigenvalue weighted by atomic mass is 10.1. The normalized spacial score (nSPS) is 11.2. The molecule has 0 fully saturated rings. The van der Waals surface area contributed by atoms with Crippen LogP contribution in [-0.4, -0.2) is 18.1 Å². The lowest BCUT2D eigenvalue weighted by Gasteiger charge is -2.07. The Morgan fingerprint density at radius 1 is 1.20 bits per heavy atom. The van der Waals surface area contributed by atoms with E-state index in [-0.39, 0.29) is 5.75 Å². The average molecular weight is 488 g/mol. The predicted molar refractivity (Wildman–Crippen MR) is 119 cm³/mol. The van der Waals surface area contributed by atoms with Crippen molar-refractivity contribution in [2.75, 3.05) is 0 Å². The van der Waals surface area contributed by atoms with E-state index in [0.29, 0.717) is 21.9 Å². The van der Waals surface area contributed by atoms with Gasteiger partial charge in [0.15, 0.2) is 0 Å². The molecule has 152 valence electrons. The fourth-order valence-electron chi connectivity index (χ4n) is 2.42. The van der Waals surface area contributed by atoms with Gasteiger partial charge in [0.2, 0.25) is 0 Å². The van der Waals surface area contributed by atoms with E-state index < -0.39 is 11.9 Å². The molecule has 0 radical (unpaired) electrons. The smallest absolute Gasteiger partial charge is 0.336 e. The number of carbonyl (C=O) groups excluding carboxylic acids is 2. The van der Waals surface area contributed by atoms with E-state index in [9.17, 15) is 9.59 Å². The first-order chi connectivity index (χ1) is 14.4. The maximum atomic E-state index is 12.3. The second-order valence-corrected chi connectivity index (χ2v) is 7.46. The Morgan fingerprint density at radius 3 is 2.77 bits per heavy atom. The molecule has 0 unspecified atom stereocenters. The molecule has 1 aromatic heterocycles. The number of rotatable bonds is 6. The highest BCUT2D eigenvalue weighted by molar-refractivity contribution is 9.10. The molecule has 0 aliphatic carbocycles. The van der Waals surface area contributed by atoms with Gasteiger partial charge in [0.1, 0.15) is 11.5 Å². The Bertz CT molecular complexity index is 1120. The van der Waals surface area contributed by atoms with Crippen LogP contribution in [-0.2, 0) is 4.79 Å². The van der Waals surface area contributed by atoms with Gasteiger partial charge in [0.05, 0.1) is 23.1 Å². The minimum absolute atomic E-state index is 0.277. The number of hydrogen-bond acceptors (Lipinski definition) is 5. The van der Waals surface area contributed by atoms with Gasteiger partial charge >= 0.3 is 5.97 Å². The van der Waals surface area contributed by atoms with Crippen LogP contribution in [0, 0.1) is 6.92 Å². The van der Waals surface area contributed by atoms with Crippen molar-refractivity contribution in [1.82, 2.24) is 5.43 Å². The monoisotopic (exact) mass is 486 g/mol. The Balaban J connectivity index is 1.70. The van der Waals surface area contributed by atoms with Crippen LogP contribution in [0.1, 0.15) is 27.2 Å². The number of furan rings is 1. The number of benzene rings is 2. The van der Waals surface area contributed by atoms with Crippen LogP contribution in [0.3, 0.4) is 0 Å². The first-order valence-electron chi connectivity index (χ1n) is 8.75.